The van der Waals surface area contributed by atoms with Crippen LogP contribution in [0.25, 0.3) is 21.9 Å². The number of fused-ring (bicyclic) bond motifs is 1. The molecule has 0 aliphatic rings. The van der Waals surface area contributed by atoms with E-state index in [0.29, 0.717) is 12.5 Å². The first-order chi connectivity index (χ1) is 11.1. The van der Waals surface area contributed by atoms with E-state index in [-0.39, 0.29) is 0 Å². The van der Waals surface area contributed by atoms with Crippen molar-refractivity contribution in [1.82, 2.24) is 4.98 Å². The fourth-order valence-electron chi connectivity index (χ4n) is 2.86. The van der Waals surface area contributed by atoms with Crippen LogP contribution in [0.5, 0.6) is 5.75 Å². The molecule has 23 heavy (non-hydrogen) atoms. The second-order valence-corrected chi connectivity index (χ2v) is 6.01. The van der Waals surface area contributed by atoms with Crippen LogP contribution in [0.4, 0.5) is 0 Å². The number of benzene rings is 2. The van der Waals surface area contributed by atoms with Gasteiger partial charge in [0.2, 0.25) is 0 Å². The molecule has 0 amide bonds. The highest BCUT2D eigenvalue weighted by atomic mass is 16.5. The van der Waals surface area contributed by atoms with Crippen molar-refractivity contribution in [2.75, 3.05) is 7.11 Å². The molecule has 118 valence electrons. The first-order valence-electron chi connectivity index (χ1n) is 7.90. The minimum atomic E-state index is 0.441. The highest BCUT2D eigenvalue weighted by Crippen LogP contribution is 2.33. The Bertz CT molecular complexity index is 840. The van der Waals surface area contributed by atoms with Crippen molar-refractivity contribution in [2.24, 2.45) is 5.73 Å². The van der Waals surface area contributed by atoms with E-state index in [1.807, 2.05) is 24.4 Å². The van der Waals surface area contributed by atoms with Crippen LogP contribution in [-0.4, -0.2) is 12.1 Å². The Hall–Kier alpha value is -2.39. The fourth-order valence-corrected chi connectivity index (χ4v) is 2.86. The van der Waals surface area contributed by atoms with Gasteiger partial charge in [-0.25, -0.2) is 0 Å². The van der Waals surface area contributed by atoms with E-state index in [2.05, 4.69) is 43.1 Å². The Morgan fingerprint density at radius 2 is 1.91 bits per heavy atom. The standard InChI is InChI=1S/C20H22N2O/c1-13(2)14-7-8-17-18(10-14)20(11-21)22-12-19(17)15-5-4-6-16(9-15)23-3/h4-10,12-13H,11,21H2,1-3H3. The number of pyridine rings is 1. The lowest BCUT2D eigenvalue weighted by Gasteiger charge is -2.13. The summed E-state index contributed by atoms with van der Waals surface area (Å²) in [5, 5.41) is 2.32. The van der Waals surface area contributed by atoms with Crippen molar-refractivity contribution < 1.29 is 4.74 Å². The monoisotopic (exact) mass is 306 g/mol. The van der Waals surface area contributed by atoms with E-state index in [9.17, 15) is 0 Å². The molecule has 2 N–H and O–H groups in total. The summed E-state index contributed by atoms with van der Waals surface area (Å²) in [4.78, 5) is 4.59. The molecule has 0 aliphatic heterocycles. The van der Waals surface area contributed by atoms with Crippen LogP contribution in [-0.2, 0) is 6.54 Å². The third kappa shape index (κ3) is 2.92. The number of aromatic nitrogens is 1. The number of nitrogens with two attached hydrogens (primary N) is 1. The second kappa shape index (κ2) is 6.39. The summed E-state index contributed by atoms with van der Waals surface area (Å²) < 4.78 is 5.34. The smallest absolute Gasteiger partial charge is 0.119 e. The van der Waals surface area contributed by atoms with E-state index >= 15 is 0 Å². The third-order valence-electron chi connectivity index (χ3n) is 4.23. The summed E-state index contributed by atoms with van der Waals surface area (Å²) in [6.07, 6.45) is 1.91. The first kappa shape index (κ1) is 15.5. The third-order valence-corrected chi connectivity index (χ3v) is 4.23. The minimum absolute atomic E-state index is 0.441. The van der Waals surface area contributed by atoms with Gasteiger partial charge >= 0.3 is 0 Å². The van der Waals surface area contributed by atoms with E-state index in [0.717, 1.165) is 28.0 Å². The van der Waals surface area contributed by atoms with Crippen molar-refractivity contribution in [2.45, 2.75) is 26.3 Å². The second-order valence-electron chi connectivity index (χ2n) is 6.01. The maximum atomic E-state index is 5.89. The average Bonchev–Trinajstić information content (AvgIpc) is 2.60. The maximum absolute atomic E-state index is 5.89. The van der Waals surface area contributed by atoms with Gasteiger partial charge in [-0.1, -0.05) is 38.1 Å². The summed E-state index contributed by atoms with van der Waals surface area (Å²) in [7, 11) is 1.68. The summed E-state index contributed by atoms with van der Waals surface area (Å²) in [6, 6.07) is 14.7. The van der Waals surface area contributed by atoms with Crippen LogP contribution >= 0.6 is 0 Å². The first-order valence-corrected chi connectivity index (χ1v) is 7.90. The molecule has 0 unspecified atom stereocenters. The van der Waals surface area contributed by atoms with Crippen LogP contribution in [0.2, 0.25) is 0 Å². The van der Waals surface area contributed by atoms with Gasteiger partial charge in [0.15, 0.2) is 0 Å². The lowest BCUT2D eigenvalue weighted by Crippen LogP contribution is -2.02. The molecule has 2 aromatic carbocycles. The molecular weight excluding hydrogens is 284 g/mol. The topological polar surface area (TPSA) is 48.1 Å². The van der Waals surface area contributed by atoms with Gasteiger partial charge in [-0.2, -0.15) is 0 Å². The zero-order valence-corrected chi connectivity index (χ0v) is 13.8. The molecule has 3 heteroatoms. The van der Waals surface area contributed by atoms with Gasteiger partial charge in [-0.05, 0) is 40.6 Å². The van der Waals surface area contributed by atoms with E-state index < -0.39 is 0 Å². The molecule has 0 radical (unpaired) electrons. The zero-order valence-electron chi connectivity index (χ0n) is 13.8. The molecule has 1 aromatic heterocycles. The summed E-state index contributed by atoms with van der Waals surface area (Å²) in [5.74, 6) is 1.32. The zero-order chi connectivity index (χ0) is 16.4. The van der Waals surface area contributed by atoms with Crippen molar-refractivity contribution in [3.63, 3.8) is 0 Å². The van der Waals surface area contributed by atoms with Gasteiger partial charge in [0, 0.05) is 23.7 Å². The molecule has 0 bridgehead atoms. The number of hydrogen-bond donors (Lipinski definition) is 1. The van der Waals surface area contributed by atoms with E-state index in [1.54, 1.807) is 7.11 Å². The minimum Gasteiger partial charge on any atom is -0.497 e. The quantitative estimate of drug-likeness (QED) is 0.772. The Kier molecular flexibility index (Phi) is 4.30. The highest BCUT2D eigenvalue weighted by Gasteiger charge is 2.11. The van der Waals surface area contributed by atoms with Crippen LogP contribution in [0, 0.1) is 0 Å². The summed E-state index contributed by atoms with van der Waals surface area (Å²) >= 11 is 0. The molecule has 0 saturated carbocycles. The fraction of sp³-hybridized carbons (Fsp3) is 0.250. The van der Waals surface area contributed by atoms with Crippen molar-refractivity contribution >= 4 is 10.8 Å². The molecule has 1 heterocycles. The summed E-state index contributed by atoms with van der Waals surface area (Å²) in [5.41, 5.74) is 10.3. The van der Waals surface area contributed by atoms with Crippen LogP contribution in [0.15, 0.2) is 48.7 Å². The van der Waals surface area contributed by atoms with Gasteiger partial charge in [0.1, 0.15) is 5.75 Å². The van der Waals surface area contributed by atoms with Crippen molar-refractivity contribution in [3.05, 3.63) is 59.9 Å². The predicted octanol–water partition coefficient (Wildman–Crippen LogP) is 4.49. The Morgan fingerprint density at radius 1 is 1.09 bits per heavy atom. The number of nitrogens with zero attached hydrogens (tertiary/aromatic N) is 1. The van der Waals surface area contributed by atoms with Gasteiger partial charge in [0.25, 0.3) is 0 Å². The number of ether oxygens (including phenoxy) is 1. The lowest BCUT2D eigenvalue weighted by molar-refractivity contribution is 0.415. The molecule has 3 nitrogen and oxygen atoms in total. The molecule has 0 atom stereocenters. The maximum Gasteiger partial charge on any atom is 0.119 e. The Morgan fingerprint density at radius 3 is 2.61 bits per heavy atom. The molecule has 0 spiro atoms. The van der Waals surface area contributed by atoms with Gasteiger partial charge in [-0.3, -0.25) is 4.98 Å². The van der Waals surface area contributed by atoms with E-state index in [4.69, 9.17) is 10.5 Å². The largest absolute Gasteiger partial charge is 0.497 e. The molecule has 3 aromatic rings. The SMILES string of the molecule is COc1cccc(-c2cnc(CN)c3cc(C(C)C)ccc23)c1. The number of rotatable bonds is 4. The highest BCUT2D eigenvalue weighted by molar-refractivity contribution is 5.98. The van der Waals surface area contributed by atoms with Crippen LogP contribution < -0.4 is 10.5 Å². The Balaban J connectivity index is 2.25. The number of hydrogen-bond acceptors (Lipinski definition) is 3. The number of methoxy groups -OCH3 is 1. The van der Waals surface area contributed by atoms with Gasteiger partial charge < -0.3 is 10.5 Å². The Labute approximate surface area is 137 Å². The molecule has 0 fully saturated rings. The van der Waals surface area contributed by atoms with Crippen LogP contribution in [0.3, 0.4) is 0 Å². The average molecular weight is 306 g/mol. The van der Waals surface area contributed by atoms with Crippen molar-refractivity contribution in [1.29, 1.82) is 0 Å². The van der Waals surface area contributed by atoms with Crippen molar-refractivity contribution in [3.8, 4) is 16.9 Å². The molecular formula is C20H22N2O. The van der Waals surface area contributed by atoms with Crippen LogP contribution in [0.1, 0.15) is 31.0 Å². The normalized spacial score (nSPS) is 11.2. The van der Waals surface area contributed by atoms with Gasteiger partial charge in [0.05, 0.1) is 12.8 Å². The predicted molar refractivity (Wildman–Crippen MR) is 95.7 cm³/mol. The lowest BCUT2D eigenvalue weighted by atomic mass is 9.94. The van der Waals surface area contributed by atoms with Gasteiger partial charge in [-0.15, -0.1) is 0 Å². The van der Waals surface area contributed by atoms with E-state index in [1.165, 1.54) is 10.9 Å². The molecule has 0 aliphatic carbocycles. The summed E-state index contributed by atoms with van der Waals surface area (Å²) in [6.45, 7) is 4.84. The molecule has 3 rings (SSSR count). The molecule has 0 saturated heterocycles.